The van der Waals surface area contributed by atoms with E-state index in [2.05, 4.69) is 60.4 Å². The lowest BCUT2D eigenvalue weighted by Gasteiger charge is -2.43. The molecular formula is C41H38N2O5. The maximum atomic E-state index is 13.1. The molecule has 0 bridgehead atoms. The Morgan fingerprint density at radius 2 is 1.15 bits per heavy atom. The summed E-state index contributed by atoms with van der Waals surface area (Å²) >= 11 is 0. The molecule has 1 fully saturated rings. The van der Waals surface area contributed by atoms with E-state index in [1.807, 2.05) is 48.5 Å². The SMILES string of the molecule is C[C@@H]1[C@H](CN(Cc2ccccc2)Cc2ccccc2)O[C@H](c2ccc(N3C(=O)c4ccccc4C3=O)cc2)O[C@@H]1c1ccc(CO)cc1. The molecule has 2 amide bonds. The second-order valence-electron chi connectivity index (χ2n) is 12.5. The van der Waals surface area contributed by atoms with Gasteiger partial charge in [-0.1, -0.05) is 116 Å². The Balaban J connectivity index is 1.17. The molecule has 5 aromatic rings. The van der Waals surface area contributed by atoms with Crippen LogP contribution in [0.25, 0.3) is 0 Å². The summed E-state index contributed by atoms with van der Waals surface area (Å²) in [5.41, 5.74) is 6.42. The van der Waals surface area contributed by atoms with Gasteiger partial charge in [-0.05, 0) is 46.5 Å². The summed E-state index contributed by atoms with van der Waals surface area (Å²) in [7, 11) is 0. The van der Waals surface area contributed by atoms with Gasteiger partial charge < -0.3 is 14.6 Å². The van der Waals surface area contributed by atoms with Crippen LogP contribution in [0.15, 0.2) is 133 Å². The molecular weight excluding hydrogens is 600 g/mol. The van der Waals surface area contributed by atoms with Gasteiger partial charge in [0.1, 0.15) is 0 Å². The van der Waals surface area contributed by atoms with E-state index >= 15 is 0 Å². The van der Waals surface area contributed by atoms with Crippen molar-refractivity contribution in [2.24, 2.45) is 5.92 Å². The van der Waals surface area contributed by atoms with Gasteiger partial charge in [-0.15, -0.1) is 0 Å². The molecule has 48 heavy (non-hydrogen) atoms. The summed E-state index contributed by atoms with van der Waals surface area (Å²) in [5, 5.41) is 9.65. The third kappa shape index (κ3) is 6.59. The van der Waals surface area contributed by atoms with Gasteiger partial charge in [-0.25, -0.2) is 4.90 Å². The molecule has 7 rings (SSSR count). The highest BCUT2D eigenvalue weighted by atomic mass is 16.7. The topological polar surface area (TPSA) is 79.3 Å². The number of imide groups is 1. The summed E-state index contributed by atoms with van der Waals surface area (Å²) < 4.78 is 13.5. The number of nitrogens with zero attached hydrogens (tertiary/aromatic N) is 2. The molecule has 0 radical (unpaired) electrons. The third-order valence-corrected chi connectivity index (χ3v) is 9.28. The van der Waals surface area contributed by atoms with Gasteiger partial charge >= 0.3 is 0 Å². The predicted octanol–water partition coefficient (Wildman–Crippen LogP) is 7.47. The number of carbonyl (C=O) groups excluding carboxylic acids is 2. The van der Waals surface area contributed by atoms with Crippen molar-refractivity contribution in [3.05, 3.63) is 172 Å². The van der Waals surface area contributed by atoms with Gasteiger partial charge in [0.15, 0.2) is 6.29 Å². The van der Waals surface area contributed by atoms with Gasteiger partial charge in [0, 0.05) is 31.1 Å². The summed E-state index contributed by atoms with van der Waals surface area (Å²) in [4.78, 5) is 29.9. The van der Waals surface area contributed by atoms with Crippen molar-refractivity contribution in [2.75, 3.05) is 11.4 Å². The second-order valence-corrected chi connectivity index (χ2v) is 12.5. The van der Waals surface area contributed by atoms with Crippen molar-refractivity contribution in [1.82, 2.24) is 4.90 Å². The molecule has 0 spiro atoms. The van der Waals surface area contributed by atoms with Crippen molar-refractivity contribution >= 4 is 17.5 Å². The summed E-state index contributed by atoms with van der Waals surface area (Å²) in [6.07, 6.45) is -1.14. The molecule has 0 unspecified atom stereocenters. The minimum absolute atomic E-state index is 0.00731. The molecule has 7 nitrogen and oxygen atoms in total. The fourth-order valence-corrected chi connectivity index (χ4v) is 6.66. The Labute approximate surface area is 281 Å². The Bertz CT molecular complexity index is 1790. The highest BCUT2D eigenvalue weighted by Crippen LogP contribution is 2.42. The van der Waals surface area contributed by atoms with Crippen molar-refractivity contribution in [2.45, 2.75) is 45.1 Å². The van der Waals surface area contributed by atoms with Crippen LogP contribution in [0.3, 0.4) is 0 Å². The summed E-state index contributed by atoms with van der Waals surface area (Å²) in [6, 6.07) is 43.0. The largest absolute Gasteiger partial charge is 0.392 e. The molecule has 2 heterocycles. The lowest BCUT2D eigenvalue weighted by molar-refractivity contribution is -0.276. The number of aliphatic hydroxyl groups excluding tert-OH is 1. The number of hydrogen-bond acceptors (Lipinski definition) is 6. The van der Waals surface area contributed by atoms with E-state index in [-0.39, 0.29) is 36.5 Å². The minimum atomic E-state index is -0.680. The summed E-state index contributed by atoms with van der Waals surface area (Å²) in [6.45, 7) is 4.34. The van der Waals surface area contributed by atoms with Crippen LogP contribution in [0.5, 0.6) is 0 Å². The van der Waals surface area contributed by atoms with E-state index in [9.17, 15) is 14.7 Å². The number of benzene rings is 5. The zero-order valence-electron chi connectivity index (χ0n) is 26.8. The van der Waals surface area contributed by atoms with Crippen LogP contribution in [-0.2, 0) is 29.2 Å². The number of hydrogen-bond donors (Lipinski definition) is 1. The molecule has 1 N–H and O–H groups in total. The quantitative estimate of drug-likeness (QED) is 0.160. The fraction of sp³-hybridized carbons (Fsp3) is 0.220. The number of aliphatic hydroxyl groups is 1. The second kappa shape index (κ2) is 14.1. The van der Waals surface area contributed by atoms with Crippen molar-refractivity contribution in [3.63, 3.8) is 0 Å². The van der Waals surface area contributed by atoms with Gasteiger partial charge in [0.2, 0.25) is 0 Å². The van der Waals surface area contributed by atoms with Crippen molar-refractivity contribution < 1.29 is 24.2 Å². The first kappa shape index (κ1) is 31.7. The maximum Gasteiger partial charge on any atom is 0.266 e. The number of amides is 2. The highest BCUT2D eigenvalue weighted by molar-refractivity contribution is 6.34. The monoisotopic (exact) mass is 638 g/mol. The van der Waals surface area contributed by atoms with E-state index in [1.54, 1.807) is 36.4 Å². The van der Waals surface area contributed by atoms with Crippen LogP contribution in [0.1, 0.15) is 67.9 Å². The van der Waals surface area contributed by atoms with Crippen molar-refractivity contribution in [1.29, 1.82) is 0 Å². The highest BCUT2D eigenvalue weighted by Gasteiger charge is 2.40. The maximum absolute atomic E-state index is 13.1. The first-order valence-corrected chi connectivity index (χ1v) is 16.4. The fourth-order valence-electron chi connectivity index (χ4n) is 6.66. The molecule has 242 valence electrons. The minimum Gasteiger partial charge on any atom is -0.392 e. The van der Waals surface area contributed by atoms with E-state index in [4.69, 9.17) is 9.47 Å². The first-order valence-electron chi connectivity index (χ1n) is 16.4. The van der Waals surface area contributed by atoms with E-state index in [1.165, 1.54) is 16.0 Å². The number of anilines is 1. The Morgan fingerprint density at radius 1 is 0.625 bits per heavy atom. The average Bonchev–Trinajstić information content (AvgIpc) is 3.39. The summed E-state index contributed by atoms with van der Waals surface area (Å²) in [5.74, 6) is -0.649. The molecule has 4 atom stereocenters. The number of carbonyl (C=O) groups is 2. The molecule has 5 aromatic carbocycles. The molecule has 0 saturated carbocycles. The number of ether oxygens (including phenoxy) is 2. The van der Waals surface area contributed by atoms with Gasteiger partial charge in [-0.2, -0.15) is 0 Å². The molecule has 1 saturated heterocycles. The molecule has 2 aliphatic rings. The third-order valence-electron chi connectivity index (χ3n) is 9.28. The van der Waals surface area contributed by atoms with Crippen LogP contribution in [0.4, 0.5) is 5.69 Å². The normalized spacial score (nSPS) is 20.7. The zero-order chi connectivity index (χ0) is 33.0. The van der Waals surface area contributed by atoms with Crippen molar-refractivity contribution in [3.8, 4) is 0 Å². The van der Waals surface area contributed by atoms with Gasteiger partial charge in [-0.3, -0.25) is 14.5 Å². The Kier molecular flexibility index (Phi) is 9.27. The number of fused-ring (bicyclic) bond motifs is 1. The molecule has 0 aromatic heterocycles. The van der Waals surface area contributed by atoms with E-state index < -0.39 is 6.29 Å². The lowest BCUT2D eigenvalue weighted by atomic mass is 9.89. The van der Waals surface area contributed by atoms with Gasteiger partial charge in [0.25, 0.3) is 11.8 Å². The Hall–Kier alpha value is -4.92. The van der Waals surface area contributed by atoms with Crippen LogP contribution < -0.4 is 4.90 Å². The average molecular weight is 639 g/mol. The zero-order valence-corrected chi connectivity index (χ0v) is 26.8. The van der Waals surface area contributed by atoms with E-state index in [0.717, 1.165) is 29.8 Å². The molecule has 2 aliphatic heterocycles. The smallest absolute Gasteiger partial charge is 0.266 e. The molecule has 7 heteroatoms. The van der Waals surface area contributed by atoms with E-state index in [0.29, 0.717) is 23.4 Å². The van der Waals surface area contributed by atoms with Crippen LogP contribution in [0, 0.1) is 5.92 Å². The van der Waals surface area contributed by atoms with Crippen LogP contribution in [0.2, 0.25) is 0 Å². The lowest BCUT2D eigenvalue weighted by Crippen LogP contribution is -2.44. The number of rotatable bonds is 10. The molecule has 0 aliphatic carbocycles. The van der Waals surface area contributed by atoms with Gasteiger partial charge in [0.05, 0.1) is 35.6 Å². The first-order chi connectivity index (χ1) is 23.5. The standard InChI is InChI=1S/C41H38N2O5/c1-28-37(26-42(24-29-10-4-2-5-11-29)25-30-12-6-3-7-13-30)47-41(48-38(28)32-18-16-31(27-44)17-19-32)33-20-22-34(23-21-33)43-39(45)35-14-8-9-15-36(35)40(43)46/h2-23,28,37-38,41,44H,24-27H2,1H3/t28-,37+,38+,41+/m1/s1. The predicted molar refractivity (Wildman–Crippen MR) is 184 cm³/mol. The Morgan fingerprint density at radius 3 is 1.69 bits per heavy atom. The van der Waals surface area contributed by atoms with Crippen LogP contribution >= 0.6 is 0 Å². The van der Waals surface area contributed by atoms with Crippen LogP contribution in [-0.4, -0.2) is 34.5 Å².